The maximum Gasteiger partial charge on any atom is 0.0214 e. The van der Waals surface area contributed by atoms with Gasteiger partial charge < -0.3 is 0 Å². The van der Waals surface area contributed by atoms with Crippen molar-refractivity contribution in [3.05, 3.63) is 35.4 Å². The van der Waals surface area contributed by atoms with E-state index in [0.717, 1.165) is 11.8 Å². The van der Waals surface area contributed by atoms with Crippen molar-refractivity contribution in [2.45, 2.75) is 55.2 Å². The van der Waals surface area contributed by atoms with Gasteiger partial charge in [-0.1, -0.05) is 53.0 Å². The predicted octanol–water partition coefficient (Wildman–Crippen LogP) is 4.99. The van der Waals surface area contributed by atoms with E-state index in [1.165, 1.54) is 38.5 Å². The summed E-state index contributed by atoms with van der Waals surface area (Å²) in [5.41, 5.74) is 3.30. The van der Waals surface area contributed by atoms with E-state index in [0.29, 0.717) is 4.83 Å². The molecule has 0 aromatic heterocycles. The second-order valence-corrected chi connectivity index (χ2v) is 6.49. The van der Waals surface area contributed by atoms with E-state index < -0.39 is 0 Å². The Morgan fingerprint density at radius 3 is 2.12 bits per heavy atom. The summed E-state index contributed by atoms with van der Waals surface area (Å²) >= 11 is 3.86. The molecule has 2 fully saturated rings. The minimum atomic E-state index is 0.716. The average Bonchev–Trinajstić information content (AvgIpc) is 2.63. The summed E-state index contributed by atoms with van der Waals surface area (Å²) in [7, 11) is 0. The van der Waals surface area contributed by atoms with Gasteiger partial charge in [0.1, 0.15) is 0 Å². The van der Waals surface area contributed by atoms with E-state index in [1.807, 2.05) is 0 Å². The molecular formula is C15H19Br. The van der Waals surface area contributed by atoms with Crippen molar-refractivity contribution in [3.63, 3.8) is 0 Å². The third-order valence-corrected chi connectivity index (χ3v) is 5.47. The summed E-state index contributed by atoms with van der Waals surface area (Å²) in [4.78, 5) is 0.716. The van der Waals surface area contributed by atoms with Gasteiger partial charge in [-0.3, -0.25) is 0 Å². The Morgan fingerprint density at radius 2 is 1.56 bits per heavy atom. The molecule has 1 aromatic rings. The van der Waals surface area contributed by atoms with E-state index in [1.54, 1.807) is 11.1 Å². The summed E-state index contributed by atoms with van der Waals surface area (Å²) in [6, 6.07) is 9.18. The number of benzene rings is 1. The molecule has 0 nitrogen and oxygen atoms in total. The Bertz CT molecular complexity index is 367. The van der Waals surface area contributed by atoms with Gasteiger partial charge in [0.15, 0.2) is 0 Å². The van der Waals surface area contributed by atoms with Crippen LogP contribution in [-0.2, 0) is 0 Å². The fraction of sp³-hybridized carbons (Fsp3) is 0.600. The first kappa shape index (κ1) is 10.8. The molecule has 0 saturated heterocycles. The smallest absolute Gasteiger partial charge is 0.0214 e. The lowest BCUT2D eigenvalue weighted by atomic mass is 9.76. The van der Waals surface area contributed by atoms with Crippen molar-refractivity contribution < 1.29 is 0 Å². The van der Waals surface area contributed by atoms with Gasteiger partial charge in [0.05, 0.1) is 0 Å². The number of alkyl halides is 1. The van der Waals surface area contributed by atoms with Crippen LogP contribution in [0.3, 0.4) is 0 Å². The van der Waals surface area contributed by atoms with Gasteiger partial charge in [-0.25, -0.2) is 0 Å². The zero-order valence-corrected chi connectivity index (χ0v) is 11.2. The molecule has 86 valence electrons. The maximum atomic E-state index is 3.86. The molecule has 16 heavy (non-hydrogen) atoms. The van der Waals surface area contributed by atoms with Crippen molar-refractivity contribution in [1.29, 1.82) is 0 Å². The average molecular weight is 279 g/mol. The molecule has 2 atom stereocenters. The summed E-state index contributed by atoms with van der Waals surface area (Å²) in [5.74, 6) is 1.65. The van der Waals surface area contributed by atoms with Crippen LogP contribution in [0.25, 0.3) is 0 Å². The van der Waals surface area contributed by atoms with Gasteiger partial charge in [0, 0.05) is 4.83 Å². The van der Waals surface area contributed by atoms with Crippen LogP contribution in [0.1, 0.15) is 61.5 Å². The van der Waals surface area contributed by atoms with Gasteiger partial charge in [-0.15, -0.1) is 0 Å². The van der Waals surface area contributed by atoms with Crippen LogP contribution in [0.15, 0.2) is 24.3 Å². The second-order valence-electron chi connectivity index (χ2n) is 5.31. The zero-order chi connectivity index (χ0) is 11.0. The van der Waals surface area contributed by atoms with Gasteiger partial charge in [0.2, 0.25) is 0 Å². The quantitative estimate of drug-likeness (QED) is 0.669. The first-order valence-corrected chi connectivity index (χ1v) is 7.50. The number of hydrogen-bond acceptors (Lipinski definition) is 0. The van der Waals surface area contributed by atoms with Crippen LogP contribution < -0.4 is 0 Å². The molecule has 0 radical (unpaired) electrons. The van der Waals surface area contributed by atoms with Gasteiger partial charge in [0.25, 0.3) is 0 Å². The first-order valence-electron chi connectivity index (χ1n) is 6.59. The molecule has 2 aliphatic rings. The number of rotatable bonds is 2. The van der Waals surface area contributed by atoms with Crippen molar-refractivity contribution in [2.75, 3.05) is 0 Å². The van der Waals surface area contributed by atoms with E-state index in [2.05, 4.69) is 40.2 Å². The summed E-state index contributed by atoms with van der Waals surface area (Å²) in [6.07, 6.45) is 8.37. The normalized spacial score (nSPS) is 30.3. The standard InChI is InChI=1S/C15H19Br/c16-15-10-4-9-14(15)13-8-2-1-7-12(13)11-5-3-6-11/h1-2,7-8,11,14-15H,3-6,9-10H2. The molecule has 0 heterocycles. The summed E-state index contributed by atoms with van der Waals surface area (Å²) in [6.45, 7) is 0. The fourth-order valence-electron chi connectivity index (χ4n) is 3.20. The number of halogens is 1. The Balaban J connectivity index is 1.92. The lowest BCUT2D eigenvalue weighted by molar-refractivity contribution is 0.415. The molecule has 1 aromatic carbocycles. The molecule has 0 N–H and O–H groups in total. The SMILES string of the molecule is BrC1CCCC1c1ccccc1C1CCC1. The van der Waals surface area contributed by atoms with Crippen molar-refractivity contribution in [2.24, 2.45) is 0 Å². The molecule has 2 aliphatic carbocycles. The van der Waals surface area contributed by atoms with Crippen LogP contribution in [0.4, 0.5) is 0 Å². The van der Waals surface area contributed by atoms with Crippen LogP contribution in [-0.4, -0.2) is 4.83 Å². The van der Waals surface area contributed by atoms with E-state index >= 15 is 0 Å². The molecular weight excluding hydrogens is 260 g/mol. The third-order valence-electron chi connectivity index (χ3n) is 4.37. The highest BCUT2D eigenvalue weighted by Gasteiger charge is 2.30. The van der Waals surface area contributed by atoms with Gasteiger partial charge in [-0.05, 0) is 48.6 Å². The molecule has 3 rings (SSSR count). The topological polar surface area (TPSA) is 0 Å². The van der Waals surface area contributed by atoms with Crippen LogP contribution >= 0.6 is 15.9 Å². The first-order chi connectivity index (χ1) is 7.86. The van der Waals surface area contributed by atoms with Crippen LogP contribution in [0.2, 0.25) is 0 Å². The van der Waals surface area contributed by atoms with E-state index in [9.17, 15) is 0 Å². The van der Waals surface area contributed by atoms with Crippen LogP contribution in [0.5, 0.6) is 0 Å². The molecule has 0 bridgehead atoms. The van der Waals surface area contributed by atoms with Crippen molar-refractivity contribution in [3.8, 4) is 0 Å². The lowest BCUT2D eigenvalue weighted by Crippen LogP contribution is -2.14. The Hall–Kier alpha value is -0.300. The van der Waals surface area contributed by atoms with Crippen LogP contribution in [0, 0.1) is 0 Å². The number of hydrogen-bond donors (Lipinski definition) is 0. The van der Waals surface area contributed by atoms with E-state index in [4.69, 9.17) is 0 Å². The minimum Gasteiger partial charge on any atom is -0.0884 e. The van der Waals surface area contributed by atoms with Gasteiger partial charge in [-0.2, -0.15) is 0 Å². The highest BCUT2D eigenvalue weighted by molar-refractivity contribution is 9.09. The molecule has 0 aliphatic heterocycles. The third kappa shape index (κ3) is 1.84. The summed E-state index contributed by atoms with van der Waals surface area (Å²) < 4.78 is 0. The molecule has 2 saturated carbocycles. The maximum absolute atomic E-state index is 3.86. The van der Waals surface area contributed by atoms with E-state index in [-0.39, 0.29) is 0 Å². The molecule has 2 unspecified atom stereocenters. The predicted molar refractivity (Wildman–Crippen MR) is 72.3 cm³/mol. The largest absolute Gasteiger partial charge is 0.0884 e. The Labute approximate surface area is 107 Å². The Morgan fingerprint density at radius 1 is 0.875 bits per heavy atom. The highest BCUT2D eigenvalue weighted by Crippen LogP contribution is 2.45. The Kier molecular flexibility index (Phi) is 3.06. The molecule has 1 heteroatoms. The molecule has 0 spiro atoms. The molecule has 0 amide bonds. The minimum absolute atomic E-state index is 0.716. The van der Waals surface area contributed by atoms with Crippen molar-refractivity contribution >= 4 is 15.9 Å². The zero-order valence-electron chi connectivity index (χ0n) is 9.66. The lowest BCUT2D eigenvalue weighted by Gasteiger charge is -2.30. The summed E-state index contributed by atoms with van der Waals surface area (Å²) in [5, 5.41) is 0. The monoisotopic (exact) mass is 278 g/mol. The van der Waals surface area contributed by atoms with Crippen molar-refractivity contribution in [1.82, 2.24) is 0 Å². The van der Waals surface area contributed by atoms with Gasteiger partial charge >= 0.3 is 0 Å². The highest BCUT2D eigenvalue weighted by atomic mass is 79.9. The second kappa shape index (κ2) is 4.52. The fourth-order valence-corrected chi connectivity index (χ4v) is 4.08.